The molecule has 0 aliphatic carbocycles. The fourth-order valence-electron chi connectivity index (χ4n) is 5.36. The highest BCUT2D eigenvalue weighted by atomic mass is 16.1. The van der Waals surface area contributed by atoms with Gasteiger partial charge in [-0.25, -0.2) is 0 Å². The van der Waals surface area contributed by atoms with Crippen LogP contribution in [0.3, 0.4) is 0 Å². The number of likely N-dealkylation sites (N-methyl/N-ethyl adjacent to an activating group) is 1. The van der Waals surface area contributed by atoms with Crippen LogP contribution in [0.25, 0.3) is 10.9 Å². The Bertz CT molecular complexity index is 976. The van der Waals surface area contributed by atoms with E-state index in [0.717, 1.165) is 69.6 Å². The first-order valence-electron chi connectivity index (χ1n) is 12.0. The quantitative estimate of drug-likeness (QED) is 0.669. The minimum Gasteiger partial charge on any atom is -0.304 e. The van der Waals surface area contributed by atoms with E-state index in [1.165, 1.54) is 5.56 Å². The van der Waals surface area contributed by atoms with E-state index in [4.69, 9.17) is 0 Å². The number of pyridine rings is 1. The van der Waals surface area contributed by atoms with E-state index in [0.29, 0.717) is 36.1 Å². The van der Waals surface area contributed by atoms with Crippen LogP contribution >= 0.6 is 0 Å². The van der Waals surface area contributed by atoms with Crippen molar-refractivity contribution >= 4 is 16.7 Å². The number of fused-ring (bicyclic) bond motifs is 1. The first-order valence-corrected chi connectivity index (χ1v) is 12.0. The number of carbonyl (C=O) groups is 1. The van der Waals surface area contributed by atoms with Crippen LogP contribution in [0.4, 0.5) is 0 Å². The summed E-state index contributed by atoms with van der Waals surface area (Å²) in [4.78, 5) is 24.4. The zero-order chi connectivity index (χ0) is 22.5. The third-order valence-electron chi connectivity index (χ3n) is 7.02. The SMILES string of the molecule is C[C@@H]1C[C@@H](c2ccc(C#N)c3ncccc23)CN(CC(=O)CCCN2CCN(C)CC2)C1. The number of hydrogen-bond donors (Lipinski definition) is 0. The minimum atomic E-state index is 0.358. The highest BCUT2D eigenvalue weighted by Crippen LogP contribution is 2.34. The van der Waals surface area contributed by atoms with Crippen molar-refractivity contribution in [1.29, 1.82) is 5.26 Å². The highest BCUT2D eigenvalue weighted by Gasteiger charge is 2.28. The van der Waals surface area contributed by atoms with Gasteiger partial charge in [0.25, 0.3) is 0 Å². The van der Waals surface area contributed by atoms with Crippen molar-refractivity contribution < 1.29 is 4.79 Å². The maximum atomic E-state index is 12.7. The maximum absolute atomic E-state index is 12.7. The fraction of sp³-hybridized carbons (Fsp3) is 0.577. The summed E-state index contributed by atoms with van der Waals surface area (Å²) >= 11 is 0. The number of nitrogens with zero attached hydrogens (tertiary/aromatic N) is 5. The Hall–Kier alpha value is -2.33. The summed E-state index contributed by atoms with van der Waals surface area (Å²) < 4.78 is 0. The Kier molecular flexibility index (Phi) is 7.51. The molecule has 0 unspecified atom stereocenters. The number of aromatic nitrogens is 1. The lowest BCUT2D eigenvalue weighted by atomic mass is 9.83. The molecule has 0 saturated carbocycles. The number of likely N-dealkylation sites (tertiary alicyclic amines) is 1. The molecule has 2 aliphatic rings. The maximum Gasteiger partial charge on any atom is 0.146 e. The average molecular weight is 434 g/mol. The van der Waals surface area contributed by atoms with Crippen LogP contribution in [0, 0.1) is 17.2 Å². The molecule has 4 rings (SSSR count). The van der Waals surface area contributed by atoms with E-state index < -0.39 is 0 Å². The van der Waals surface area contributed by atoms with Crippen LogP contribution in [0.2, 0.25) is 0 Å². The molecule has 0 bridgehead atoms. The first-order chi connectivity index (χ1) is 15.5. The number of piperidine rings is 1. The molecule has 3 heterocycles. The smallest absolute Gasteiger partial charge is 0.146 e. The topological polar surface area (TPSA) is 63.5 Å². The molecule has 6 nitrogen and oxygen atoms in total. The van der Waals surface area contributed by atoms with Crippen LogP contribution in [-0.2, 0) is 4.79 Å². The Morgan fingerprint density at radius 1 is 1.16 bits per heavy atom. The van der Waals surface area contributed by atoms with Gasteiger partial charge in [-0.3, -0.25) is 14.7 Å². The van der Waals surface area contributed by atoms with Gasteiger partial charge in [0.15, 0.2) is 0 Å². The van der Waals surface area contributed by atoms with Gasteiger partial charge in [0.1, 0.15) is 11.9 Å². The fourth-order valence-corrected chi connectivity index (χ4v) is 5.36. The second kappa shape index (κ2) is 10.5. The van der Waals surface area contributed by atoms with Crippen LogP contribution in [0.1, 0.15) is 43.2 Å². The Morgan fingerprint density at radius 3 is 2.75 bits per heavy atom. The van der Waals surface area contributed by atoms with Crippen molar-refractivity contribution in [2.24, 2.45) is 5.92 Å². The lowest BCUT2D eigenvalue weighted by Gasteiger charge is -2.37. The van der Waals surface area contributed by atoms with E-state index in [1.54, 1.807) is 6.20 Å². The number of Topliss-reactive ketones (excluding diaryl/α,β-unsaturated/α-hetero) is 1. The van der Waals surface area contributed by atoms with E-state index >= 15 is 0 Å². The molecule has 2 aromatic rings. The van der Waals surface area contributed by atoms with Crippen LogP contribution in [-0.4, -0.2) is 84.9 Å². The van der Waals surface area contributed by atoms with Crippen molar-refractivity contribution in [2.45, 2.75) is 32.1 Å². The minimum absolute atomic E-state index is 0.358. The van der Waals surface area contributed by atoms with Crippen molar-refractivity contribution in [1.82, 2.24) is 19.7 Å². The van der Waals surface area contributed by atoms with Gasteiger partial charge in [0, 0.05) is 57.3 Å². The molecule has 1 aromatic heterocycles. The zero-order valence-corrected chi connectivity index (χ0v) is 19.5. The molecular weight excluding hydrogens is 398 g/mol. The van der Waals surface area contributed by atoms with Gasteiger partial charge < -0.3 is 9.80 Å². The number of ketones is 1. The van der Waals surface area contributed by atoms with Crippen molar-refractivity contribution in [3.63, 3.8) is 0 Å². The summed E-state index contributed by atoms with van der Waals surface area (Å²) in [6, 6.07) is 10.3. The number of nitriles is 1. The van der Waals surface area contributed by atoms with Crippen LogP contribution < -0.4 is 0 Å². The van der Waals surface area contributed by atoms with Crippen LogP contribution in [0.5, 0.6) is 0 Å². The number of rotatable bonds is 7. The molecule has 0 N–H and O–H groups in total. The van der Waals surface area contributed by atoms with Gasteiger partial charge in [-0.1, -0.05) is 19.1 Å². The molecule has 0 spiro atoms. The van der Waals surface area contributed by atoms with E-state index in [1.807, 2.05) is 12.1 Å². The van der Waals surface area contributed by atoms with Gasteiger partial charge in [0.2, 0.25) is 0 Å². The summed E-state index contributed by atoms with van der Waals surface area (Å²) in [7, 11) is 2.17. The number of carbonyl (C=O) groups excluding carboxylic acids is 1. The Balaban J connectivity index is 1.35. The standard InChI is InChI=1S/C26H35N5O/c1-20-15-22(24-8-7-21(16-27)26-25(24)6-3-9-28-26)18-31(17-20)19-23(32)5-4-10-30-13-11-29(2)12-14-30/h3,6-9,20,22H,4-5,10-15,17-19H2,1-2H3/t20-,22-/m1/s1. The van der Waals surface area contributed by atoms with Crippen LogP contribution in [0.15, 0.2) is 30.5 Å². The molecular formula is C26H35N5O. The summed E-state index contributed by atoms with van der Waals surface area (Å²) in [5.41, 5.74) is 2.67. The third-order valence-corrected chi connectivity index (χ3v) is 7.02. The number of piperazine rings is 1. The second-order valence-corrected chi connectivity index (χ2v) is 9.73. The molecule has 170 valence electrons. The third kappa shape index (κ3) is 5.53. The van der Waals surface area contributed by atoms with Gasteiger partial charge in [-0.2, -0.15) is 5.26 Å². The predicted octanol–water partition coefficient (Wildman–Crippen LogP) is 3.13. The summed E-state index contributed by atoms with van der Waals surface area (Å²) in [6.45, 7) is 10.2. The Labute approximate surface area is 191 Å². The molecule has 32 heavy (non-hydrogen) atoms. The lowest BCUT2D eigenvalue weighted by Crippen LogP contribution is -2.45. The second-order valence-electron chi connectivity index (χ2n) is 9.73. The molecule has 2 aliphatic heterocycles. The van der Waals surface area contributed by atoms with Crippen molar-refractivity contribution in [2.75, 3.05) is 59.4 Å². The average Bonchev–Trinajstić information content (AvgIpc) is 2.79. The summed E-state index contributed by atoms with van der Waals surface area (Å²) in [6.07, 6.45) is 4.49. The molecule has 2 atom stereocenters. The Morgan fingerprint density at radius 2 is 1.97 bits per heavy atom. The molecule has 1 aromatic carbocycles. The van der Waals surface area contributed by atoms with E-state index in [9.17, 15) is 10.1 Å². The van der Waals surface area contributed by atoms with E-state index in [-0.39, 0.29) is 0 Å². The zero-order valence-electron chi connectivity index (χ0n) is 19.5. The normalized spacial score (nSPS) is 23.3. The number of hydrogen-bond acceptors (Lipinski definition) is 6. The summed E-state index contributed by atoms with van der Waals surface area (Å²) in [5.74, 6) is 1.25. The van der Waals surface area contributed by atoms with Gasteiger partial charge in [-0.05, 0) is 56.0 Å². The van der Waals surface area contributed by atoms with Gasteiger partial charge in [-0.15, -0.1) is 0 Å². The lowest BCUT2D eigenvalue weighted by molar-refractivity contribution is -0.120. The van der Waals surface area contributed by atoms with Gasteiger partial charge in [0.05, 0.1) is 17.6 Å². The van der Waals surface area contributed by atoms with Crippen molar-refractivity contribution in [3.8, 4) is 6.07 Å². The molecule has 0 amide bonds. The predicted molar refractivity (Wildman–Crippen MR) is 128 cm³/mol. The molecule has 6 heteroatoms. The monoisotopic (exact) mass is 433 g/mol. The van der Waals surface area contributed by atoms with Gasteiger partial charge >= 0.3 is 0 Å². The molecule has 2 saturated heterocycles. The largest absolute Gasteiger partial charge is 0.304 e. The highest BCUT2D eigenvalue weighted by molar-refractivity contribution is 5.87. The number of benzene rings is 1. The molecule has 0 radical (unpaired) electrons. The molecule has 2 fully saturated rings. The van der Waals surface area contributed by atoms with E-state index in [2.05, 4.69) is 51.9 Å². The summed E-state index contributed by atoms with van der Waals surface area (Å²) in [5, 5.41) is 10.5. The van der Waals surface area contributed by atoms with Crippen molar-refractivity contribution in [3.05, 3.63) is 41.6 Å². The first kappa shape index (κ1) is 22.8.